The fourth-order valence-corrected chi connectivity index (χ4v) is 3.68. The summed E-state index contributed by atoms with van der Waals surface area (Å²) in [6.45, 7) is 4.22. The van der Waals surface area contributed by atoms with Crippen molar-refractivity contribution < 1.29 is 4.39 Å². The Bertz CT molecular complexity index is 1090. The SMILES string of the molecule is CCc1ccc(CCc2ccc3c(F)c(-c4ccc(C)cc4)ccc3c2)cc1. The first-order valence-corrected chi connectivity index (χ1v) is 10.00. The summed E-state index contributed by atoms with van der Waals surface area (Å²) in [5.41, 5.74) is 6.72. The van der Waals surface area contributed by atoms with E-state index in [0.717, 1.165) is 30.2 Å². The van der Waals surface area contributed by atoms with Crippen LogP contribution in [0, 0.1) is 12.7 Å². The van der Waals surface area contributed by atoms with Gasteiger partial charge >= 0.3 is 0 Å². The Morgan fingerprint density at radius 1 is 0.679 bits per heavy atom. The van der Waals surface area contributed by atoms with E-state index in [1.54, 1.807) is 0 Å². The van der Waals surface area contributed by atoms with E-state index in [1.165, 1.54) is 22.3 Å². The number of rotatable bonds is 5. The zero-order valence-corrected chi connectivity index (χ0v) is 16.5. The summed E-state index contributed by atoms with van der Waals surface area (Å²) in [6, 6.07) is 26.9. The van der Waals surface area contributed by atoms with Crippen molar-refractivity contribution in [1.82, 2.24) is 0 Å². The van der Waals surface area contributed by atoms with Crippen LogP contribution in [0.3, 0.4) is 0 Å². The van der Waals surface area contributed by atoms with Gasteiger partial charge in [-0.05, 0) is 53.8 Å². The number of hydrogen-bond acceptors (Lipinski definition) is 0. The molecule has 4 aromatic carbocycles. The molecular weight excluding hydrogens is 343 g/mol. The molecule has 0 saturated heterocycles. The van der Waals surface area contributed by atoms with Crippen molar-refractivity contribution >= 4 is 10.8 Å². The Balaban J connectivity index is 1.57. The highest BCUT2D eigenvalue weighted by Crippen LogP contribution is 2.30. The second-order valence-corrected chi connectivity index (χ2v) is 7.52. The molecule has 0 unspecified atom stereocenters. The zero-order valence-electron chi connectivity index (χ0n) is 16.5. The van der Waals surface area contributed by atoms with Crippen molar-refractivity contribution in [3.05, 3.63) is 107 Å². The molecule has 0 atom stereocenters. The van der Waals surface area contributed by atoms with Gasteiger partial charge in [0.1, 0.15) is 5.82 Å². The van der Waals surface area contributed by atoms with Gasteiger partial charge in [0.05, 0.1) is 0 Å². The molecule has 0 radical (unpaired) electrons. The van der Waals surface area contributed by atoms with Crippen LogP contribution in [0.15, 0.2) is 78.9 Å². The number of halogens is 1. The molecule has 28 heavy (non-hydrogen) atoms. The van der Waals surface area contributed by atoms with Crippen LogP contribution in [0.25, 0.3) is 21.9 Å². The van der Waals surface area contributed by atoms with Crippen molar-refractivity contribution in [2.45, 2.75) is 33.1 Å². The third kappa shape index (κ3) is 3.84. The van der Waals surface area contributed by atoms with Crippen molar-refractivity contribution in [2.24, 2.45) is 0 Å². The van der Waals surface area contributed by atoms with Crippen molar-refractivity contribution in [3.63, 3.8) is 0 Å². The number of hydrogen-bond donors (Lipinski definition) is 0. The topological polar surface area (TPSA) is 0 Å². The average molecular weight is 368 g/mol. The largest absolute Gasteiger partial charge is 0.206 e. The molecule has 1 heteroatoms. The van der Waals surface area contributed by atoms with E-state index in [4.69, 9.17) is 0 Å². The fourth-order valence-electron chi connectivity index (χ4n) is 3.68. The van der Waals surface area contributed by atoms with Crippen LogP contribution in [0.1, 0.15) is 29.2 Å². The predicted octanol–water partition coefficient (Wildman–Crippen LogP) is 7.30. The van der Waals surface area contributed by atoms with Gasteiger partial charge in [-0.3, -0.25) is 0 Å². The molecule has 0 heterocycles. The lowest BCUT2D eigenvalue weighted by atomic mass is 9.96. The maximum atomic E-state index is 15.1. The normalized spacial score (nSPS) is 11.1. The first-order chi connectivity index (χ1) is 13.6. The summed E-state index contributed by atoms with van der Waals surface area (Å²) in [5, 5.41) is 1.65. The lowest BCUT2D eigenvalue weighted by molar-refractivity contribution is 0.643. The zero-order chi connectivity index (χ0) is 19.5. The van der Waals surface area contributed by atoms with Gasteiger partial charge in [0, 0.05) is 10.9 Å². The van der Waals surface area contributed by atoms with Crippen LogP contribution >= 0.6 is 0 Å². The first-order valence-electron chi connectivity index (χ1n) is 10.00. The molecule has 0 amide bonds. The Morgan fingerprint density at radius 3 is 2.04 bits per heavy atom. The maximum absolute atomic E-state index is 15.1. The van der Waals surface area contributed by atoms with E-state index in [9.17, 15) is 0 Å². The maximum Gasteiger partial charge on any atom is 0.138 e. The summed E-state index contributed by atoms with van der Waals surface area (Å²) in [4.78, 5) is 0. The van der Waals surface area contributed by atoms with E-state index in [0.29, 0.717) is 10.9 Å². The van der Waals surface area contributed by atoms with Gasteiger partial charge in [0.15, 0.2) is 0 Å². The molecule has 0 aromatic heterocycles. The Labute approximate surface area is 166 Å². The average Bonchev–Trinajstić information content (AvgIpc) is 2.74. The van der Waals surface area contributed by atoms with Gasteiger partial charge in [-0.2, -0.15) is 0 Å². The monoisotopic (exact) mass is 368 g/mol. The third-order valence-corrected chi connectivity index (χ3v) is 5.51. The first kappa shape index (κ1) is 18.4. The molecule has 140 valence electrons. The van der Waals surface area contributed by atoms with E-state index >= 15 is 4.39 Å². The summed E-state index contributed by atoms with van der Waals surface area (Å²) in [6.07, 6.45) is 3.03. The molecule has 0 bridgehead atoms. The molecule has 0 nitrogen and oxygen atoms in total. The molecule has 0 aliphatic heterocycles. The predicted molar refractivity (Wildman–Crippen MR) is 117 cm³/mol. The molecule has 4 rings (SSSR count). The Morgan fingerprint density at radius 2 is 1.32 bits per heavy atom. The lowest BCUT2D eigenvalue weighted by Crippen LogP contribution is -1.93. The summed E-state index contributed by atoms with van der Waals surface area (Å²) in [5.74, 6) is -0.136. The summed E-state index contributed by atoms with van der Waals surface area (Å²) >= 11 is 0. The minimum Gasteiger partial charge on any atom is -0.206 e. The van der Waals surface area contributed by atoms with Crippen LogP contribution < -0.4 is 0 Å². The van der Waals surface area contributed by atoms with Gasteiger partial charge in [0.2, 0.25) is 0 Å². The quantitative estimate of drug-likeness (QED) is 0.347. The highest BCUT2D eigenvalue weighted by atomic mass is 19.1. The number of aryl methyl sites for hydroxylation is 4. The highest BCUT2D eigenvalue weighted by Gasteiger charge is 2.10. The number of benzene rings is 4. The summed E-state index contributed by atoms with van der Waals surface area (Å²) < 4.78 is 15.1. The minimum absolute atomic E-state index is 0.136. The lowest BCUT2D eigenvalue weighted by Gasteiger charge is -2.09. The van der Waals surface area contributed by atoms with Crippen LogP contribution in [-0.2, 0) is 19.3 Å². The molecule has 0 fully saturated rings. The van der Waals surface area contributed by atoms with Gasteiger partial charge in [-0.1, -0.05) is 91.3 Å². The van der Waals surface area contributed by atoms with Crippen molar-refractivity contribution in [3.8, 4) is 11.1 Å². The van der Waals surface area contributed by atoms with Crippen LogP contribution in [-0.4, -0.2) is 0 Å². The van der Waals surface area contributed by atoms with Crippen LogP contribution in [0.2, 0.25) is 0 Å². The third-order valence-electron chi connectivity index (χ3n) is 5.51. The Kier molecular flexibility index (Phi) is 5.25. The van der Waals surface area contributed by atoms with Crippen molar-refractivity contribution in [2.75, 3.05) is 0 Å². The molecule has 0 aliphatic carbocycles. The fraction of sp³-hybridized carbons (Fsp3) is 0.185. The van der Waals surface area contributed by atoms with E-state index in [1.807, 2.05) is 49.4 Å². The van der Waals surface area contributed by atoms with E-state index < -0.39 is 0 Å². The standard InChI is InChI=1S/C27H25F/c1-3-20-6-8-21(9-7-20)10-11-22-12-16-26-24(18-22)15-17-25(27(26)28)23-13-4-19(2)5-14-23/h4-9,12-18H,3,10-11H2,1-2H3. The van der Waals surface area contributed by atoms with Crippen LogP contribution in [0.5, 0.6) is 0 Å². The van der Waals surface area contributed by atoms with Gasteiger partial charge < -0.3 is 0 Å². The van der Waals surface area contributed by atoms with Gasteiger partial charge in [0.25, 0.3) is 0 Å². The van der Waals surface area contributed by atoms with Gasteiger partial charge in [-0.15, -0.1) is 0 Å². The second-order valence-electron chi connectivity index (χ2n) is 7.52. The molecule has 0 saturated carbocycles. The van der Waals surface area contributed by atoms with Crippen molar-refractivity contribution in [1.29, 1.82) is 0 Å². The van der Waals surface area contributed by atoms with E-state index in [2.05, 4.69) is 43.3 Å². The van der Waals surface area contributed by atoms with E-state index in [-0.39, 0.29) is 5.82 Å². The molecule has 4 aromatic rings. The Hall–Kier alpha value is -2.93. The minimum atomic E-state index is -0.136. The van der Waals surface area contributed by atoms with Crippen LogP contribution in [0.4, 0.5) is 4.39 Å². The molecule has 0 spiro atoms. The summed E-state index contributed by atoms with van der Waals surface area (Å²) in [7, 11) is 0. The smallest absolute Gasteiger partial charge is 0.138 e. The second kappa shape index (κ2) is 7.98. The number of fused-ring (bicyclic) bond motifs is 1. The van der Waals surface area contributed by atoms with Gasteiger partial charge in [-0.25, -0.2) is 4.39 Å². The molecular formula is C27H25F. The highest BCUT2D eigenvalue weighted by molar-refractivity contribution is 5.88. The molecule has 0 N–H and O–H groups in total. The molecule has 0 aliphatic rings.